The lowest BCUT2D eigenvalue weighted by Crippen LogP contribution is -2.38. The summed E-state index contributed by atoms with van der Waals surface area (Å²) in [7, 11) is 0. The highest BCUT2D eigenvalue weighted by molar-refractivity contribution is 5.92. The third kappa shape index (κ3) is 6.19. The molecule has 0 bridgehead atoms. The predicted octanol–water partition coefficient (Wildman–Crippen LogP) is 4.06. The number of ether oxygens (including phenoxy) is 2. The fourth-order valence-electron chi connectivity index (χ4n) is 3.44. The van der Waals surface area contributed by atoms with E-state index >= 15 is 0 Å². The molecule has 0 saturated carbocycles. The summed E-state index contributed by atoms with van der Waals surface area (Å²) in [6.07, 6.45) is 0.718. The highest BCUT2D eigenvalue weighted by Gasteiger charge is 2.42. The van der Waals surface area contributed by atoms with Gasteiger partial charge in [0.2, 0.25) is 0 Å². The molecule has 0 aliphatic rings. The summed E-state index contributed by atoms with van der Waals surface area (Å²) in [6, 6.07) is 11.8. The molecule has 2 rings (SSSR count). The summed E-state index contributed by atoms with van der Waals surface area (Å²) in [4.78, 5) is 48.1. The fourth-order valence-corrected chi connectivity index (χ4v) is 3.44. The summed E-state index contributed by atoms with van der Waals surface area (Å²) in [6.45, 7) is 4.28. The number of hydrogen-bond acceptors (Lipinski definition) is 6. The van der Waals surface area contributed by atoms with Crippen molar-refractivity contribution in [2.24, 2.45) is 0 Å². The van der Waals surface area contributed by atoms with Gasteiger partial charge in [0.25, 0.3) is 0 Å². The van der Waals surface area contributed by atoms with Gasteiger partial charge in [-0.1, -0.05) is 38.1 Å². The van der Waals surface area contributed by atoms with Crippen LogP contribution < -0.4 is 0 Å². The van der Waals surface area contributed by atoms with Crippen LogP contribution in [0.5, 0.6) is 0 Å². The number of aliphatic carboxylic acids is 2. The SMILES string of the molecule is CCCOC(=O)c1ccc(C(CCC(=O)O)(C(=O)O)c2ccc(C(=O)OCCC)cc2)cc1. The Hall–Kier alpha value is -3.68. The number of benzene rings is 2. The third-order valence-electron chi connectivity index (χ3n) is 5.18. The van der Waals surface area contributed by atoms with Crippen molar-refractivity contribution in [2.75, 3.05) is 13.2 Å². The maximum Gasteiger partial charge on any atom is 0.338 e. The highest BCUT2D eigenvalue weighted by atomic mass is 16.5. The van der Waals surface area contributed by atoms with Crippen molar-refractivity contribution in [3.8, 4) is 0 Å². The van der Waals surface area contributed by atoms with Gasteiger partial charge in [-0.15, -0.1) is 0 Å². The number of esters is 2. The van der Waals surface area contributed by atoms with E-state index in [1.54, 1.807) is 0 Å². The van der Waals surface area contributed by atoms with Crippen molar-refractivity contribution < 1.29 is 38.9 Å². The lowest BCUT2D eigenvalue weighted by atomic mass is 9.71. The van der Waals surface area contributed by atoms with Crippen LogP contribution in [-0.2, 0) is 24.5 Å². The van der Waals surface area contributed by atoms with E-state index in [0.717, 1.165) is 0 Å². The Bertz CT molecular complexity index is 913. The molecule has 2 N–H and O–H groups in total. The molecule has 0 aliphatic carbocycles. The van der Waals surface area contributed by atoms with Crippen molar-refractivity contribution >= 4 is 23.9 Å². The number of carboxylic acids is 2. The van der Waals surface area contributed by atoms with Crippen LogP contribution in [0, 0.1) is 0 Å². The van der Waals surface area contributed by atoms with Crippen LogP contribution in [0.25, 0.3) is 0 Å². The third-order valence-corrected chi connectivity index (χ3v) is 5.18. The minimum Gasteiger partial charge on any atom is -0.481 e. The zero-order chi connectivity index (χ0) is 24.4. The van der Waals surface area contributed by atoms with Gasteiger partial charge in [-0.3, -0.25) is 9.59 Å². The van der Waals surface area contributed by atoms with Crippen molar-refractivity contribution in [1.29, 1.82) is 0 Å². The van der Waals surface area contributed by atoms with Crippen LogP contribution >= 0.6 is 0 Å². The van der Waals surface area contributed by atoms with Crippen LogP contribution in [-0.4, -0.2) is 47.3 Å². The lowest BCUT2D eigenvalue weighted by Gasteiger charge is -2.30. The number of carbonyl (C=O) groups excluding carboxylic acids is 2. The molecule has 0 aromatic heterocycles. The zero-order valence-corrected chi connectivity index (χ0v) is 18.7. The Kier molecular flexibility index (Phi) is 9.15. The van der Waals surface area contributed by atoms with Crippen molar-refractivity contribution in [3.63, 3.8) is 0 Å². The fraction of sp³-hybridized carbons (Fsp3) is 0.360. The van der Waals surface area contributed by atoms with Crippen LogP contribution in [0.3, 0.4) is 0 Å². The molecule has 0 atom stereocenters. The first-order valence-electron chi connectivity index (χ1n) is 10.8. The maximum absolute atomic E-state index is 12.6. The van der Waals surface area contributed by atoms with Gasteiger partial charge in [0.15, 0.2) is 0 Å². The van der Waals surface area contributed by atoms with Gasteiger partial charge in [-0.05, 0) is 54.7 Å². The van der Waals surface area contributed by atoms with Gasteiger partial charge in [-0.2, -0.15) is 0 Å². The second-order valence-electron chi connectivity index (χ2n) is 7.53. The Balaban J connectivity index is 2.48. The number of hydrogen-bond donors (Lipinski definition) is 2. The molecule has 8 heteroatoms. The Labute approximate surface area is 192 Å². The summed E-state index contributed by atoms with van der Waals surface area (Å²) >= 11 is 0. The second-order valence-corrected chi connectivity index (χ2v) is 7.53. The molecule has 8 nitrogen and oxygen atoms in total. The topological polar surface area (TPSA) is 127 Å². The summed E-state index contributed by atoms with van der Waals surface area (Å²) < 4.78 is 10.2. The smallest absolute Gasteiger partial charge is 0.338 e. The molecule has 0 saturated heterocycles. The minimum absolute atomic E-state index is 0.225. The van der Waals surface area contributed by atoms with Gasteiger partial charge in [0.05, 0.1) is 24.3 Å². The summed E-state index contributed by atoms with van der Waals surface area (Å²) in [5.41, 5.74) is -0.553. The number of rotatable bonds is 12. The molecule has 0 fully saturated rings. The molecule has 0 amide bonds. The van der Waals surface area contributed by atoms with Crippen LogP contribution in [0.1, 0.15) is 71.4 Å². The zero-order valence-electron chi connectivity index (χ0n) is 18.7. The molecule has 2 aromatic carbocycles. The first-order chi connectivity index (χ1) is 15.8. The van der Waals surface area contributed by atoms with Crippen LogP contribution in [0.2, 0.25) is 0 Å². The van der Waals surface area contributed by atoms with Gasteiger partial charge >= 0.3 is 23.9 Å². The molecular weight excluding hydrogens is 428 g/mol. The Morgan fingerprint density at radius 1 is 0.727 bits per heavy atom. The van der Waals surface area contributed by atoms with Gasteiger partial charge in [-0.25, -0.2) is 9.59 Å². The van der Waals surface area contributed by atoms with E-state index in [9.17, 15) is 29.4 Å². The van der Waals surface area contributed by atoms with Gasteiger partial charge in [0, 0.05) is 6.42 Å². The van der Waals surface area contributed by atoms with E-state index in [1.165, 1.54) is 48.5 Å². The van der Waals surface area contributed by atoms with Gasteiger partial charge < -0.3 is 19.7 Å². The maximum atomic E-state index is 12.6. The second kappa shape index (κ2) is 11.8. The molecule has 0 heterocycles. The number of carbonyl (C=O) groups is 4. The van der Waals surface area contributed by atoms with Crippen molar-refractivity contribution in [2.45, 2.75) is 44.9 Å². The Morgan fingerprint density at radius 3 is 1.42 bits per heavy atom. The molecule has 0 unspecified atom stereocenters. The normalized spacial score (nSPS) is 11.0. The monoisotopic (exact) mass is 456 g/mol. The molecule has 0 spiro atoms. The van der Waals surface area contributed by atoms with E-state index < -0.39 is 35.7 Å². The lowest BCUT2D eigenvalue weighted by molar-refractivity contribution is -0.143. The average Bonchev–Trinajstić information content (AvgIpc) is 2.81. The molecule has 0 aliphatic heterocycles. The molecule has 176 valence electrons. The predicted molar refractivity (Wildman–Crippen MR) is 119 cm³/mol. The summed E-state index contributed by atoms with van der Waals surface area (Å²) in [5.74, 6) is -3.43. The van der Waals surface area contributed by atoms with Crippen molar-refractivity contribution in [3.05, 3.63) is 70.8 Å². The Morgan fingerprint density at radius 2 is 1.12 bits per heavy atom. The van der Waals surface area contributed by atoms with Crippen molar-refractivity contribution in [1.82, 2.24) is 0 Å². The quantitative estimate of drug-likeness (QED) is 0.458. The first kappa shape index (κ1) is 25.6. The average molecular weight is 456 g/mol. The molecule has 33 heavy (non-hydrogen) atoms. The molecule has 0 radical (unpaired) electrons. The van der Waals surface area contributed by atoms with Crippen LogP contribution in [0.15, 0.2) is 48.5 Å². The minimum atomic E-state index is -1.70. The van der Waals surface area contributed by atoms with E-state index in [4.69, 9.17) is 9.47 Å². The van der Waals surface area contributed by atoms with E-state index in [-0.39, 0.29) is 30.8 Å². The van der Waals surface area contributed by atoms with Gasteiger partial charge in [0.1, 0.15) is 5.41 Å². The standard InChI is InChI=1S/C25H28O8/c1-3-15-32-22(28)17-5-9-19(10-6-17)25(24(30)31,14-13-21(26)27)20-11-7-18(8-12-20)23(29)33-16-4-2/h5-12H,3-4,13-16H2,1-2H3,(H,26,27)(H,30,31). The number of carboxylic acid groups (broad SMARTS) is 2. The van der Waals surface area contributed by atoms with E-state index in [0.29, 0.717) is 24.0 Å². The van der Waals surface area contributed by atoms with E-state index in [2.05, 4.69) is 0 Å². The first-order valence-corrected chi connectivity index (χ1v) is 10.8. The highest BCUT2D eigenvalue weighted by Crippen LogP contribution is 2.38. The van der Waals surface area contributed by atoms with Crippen LogP contribution in [0.4, 0.5) is 0 Å². The summed E-state index contributed by atoms with van der Waals surface area (Å²) in [5, 5.41) is 19.5. The van der Waals surface area contributed by atoms with E-state index in [1.807, 2.05) is 13.8 Å². The molecule has 2 aromatic rings. The molecular formula is C25H28O8. The largest absolute Gasteiger partial charge is 0.481 e.